The third-order valence-corrected chi connectivity index (χ3v) is 5.00. The highest BCUT2D eigenvalue weighted by atomic mass is 16.6. The number of rotatable bonds is 15. The molecule has 0 heterocycles. The highest BCUT2D eigenvalue weighted by Crippen LogP contribution is 2.27. The quantitative estimate of drug-likeness (QED) is 0.146. The molecule has 2 rings (SSSR count). The van der Waals surface area contributed by atoms with Gasteiger partial charge in [-0.3, -0.25) is 4.79 Å². The minimum atomic E-state index is -0.826. The van der Waals surface area contributed by atoms with Gasteiger partial charge >= 0.3 is 11.9 Å². The number of nitrogens with one attached hydrogen (secondary N) is 1. The van der Waals surface area contributed by atoms with E-state index in [-0.39, 0.29) is 30.6 Å². The number of anilines is 1. The van der Waals surface area contributed by atoms with E-state index < -0.39 is 11.9 Å². The van der Waals surface area contributed by atoms with Crippen LogP contribution in [0.25, 0.3) is 0 Å². The summed E-state index contributed by atoms with van der Waals surface area (Å²) in [5.41, 5.74) is 0.738. The van der Waals surface area contributed by atoms with Gasteiger partial charge in [0.15, 0.2) is 5.75 Å². The van der Waals surface area contributed by atoms with E-state index in [1.807, 2.05) is 0 Å². The van der Waals surface area contributed by atoms with E-state index in [4.69, 9.17) is 18.9 Å². The Hall–Kier alpha value is -3.81. The predicted octanol–water partition coefficient (Wildman–Crippen LogP) is 5.68. The summed E-state index contributed by atoms with van der Waals surface area (Å²) in [6, 6.07) is 13.4. The molecule has 2 aromatic carbocycles. The van der Waals surface area contributed by atoms with Gasteiger partial charge in [0, 0.05) is 5.56 Å². The average Bonchev–Trinajstić information content (AvgIpc) is 2.87. The molecule has 0 saturated carbocycles. The lowest BCUT2D eigenvalue weighted by Gasteiger charge is -2.14. The first-order valence-electron chi connectivity index (χ1n) is 12.3. The summed E-state index contributed by atoms with van der Waals surface area (Å²) >= 11 is 0. The van der Waals surface area contributed by atoms with Gasteiger partial charge < -0.3 is 24.3 Å². The summed E-state index contributed by atoms with van der Waals surface area (Å²) in [5, 5.41) is 2.77. The molecule has 1 N–H and O–H groups in total. The molecule has 0 aliphatic heterocycles. The van der Waals surface area contributed by atoms with Crippen LogP contribution in [0.1, 0.15) is 63.2 Å². The second-order valence-corrected chi connectivity index (χ2v) is 7.82. The molecule has 0 spiro atoms. The van der Waals surface area contributed by atoms with Crippen molar-refractivity contribution in [3.8, 4) is 11.5 Å². The molecular weight excluding hydrogens is 462 g/mol. The first-order valence-corrected chi connectivity index (χ1v) is 12.3. The summed E-state index contributed by atoms with van der Waals surface area (Å²) in [5.74, 6) is -1.43. The Balaban J connectivity index is 2.05. The van der Waals surface area contributed by atoms with Crippen LogP contribution in [-0.2, 0) is 19.1 Å². The number of hydrogen-bond acceptors (Lipinski definition) is 7. The Kier molecular flexibility index (Phi) is 12.6. The highest BCUT2D eigenvalue weighted by Gasteiger charge is 2.19. The number of carbonyl (C=O) groups is 3. The summed E-state index contributed by atoms with van der Waals surface area (Å²) in [6.07, 6.45) is 6.72. The van der Waals surface area contributed by atoms with Crippen LogP contribution in [0.15, 0.2) is 60.4 Å². The van der Waals surface area contributed by atoms with Crippen molar-refractivity contribution in [2.45, 2.75) is 52.9 Å². The van der Waals surface area contributed by atoms with Crippen LogP contribution in [0.3, 0.4) is 0 Å². The SMILES string of the molecule is CCCCCCCOc1ccc(C(=O)Nc2ccccc2O/C(=C/C(=O)OCC)C(=O)OCC)cc1. The van der Waals surface area contributed by atoms with Crippen LogP contribution in [0.5, 0.6) is 11.5 Å². The van der Waals surface area contributed by atoms with E-state index in [9.17, 15) is 14.4 Å². The zero-order valence-corrected chi connectivity index (χ0v) is 21.2. The average molecular weight is 498 g/mol. The molecule has 0 aliphatic rings. The third kappa shape index (κ3) is 9.82. The zero-order valence-electron chi connectivity index (χ0n) is 21.2. The Bertz CT molecular complexity index is 1010. The van der Waals surface area contributed by atoms with Crippen LogP contribution in [0.4, 0.5) is 5.69 Å². The van der Waals surface area contributed by atoms with Crippen LogP contribution >= 0.6 is 0 Å². The molecule has 1 amide bonds. The minimum absolute atomic E-state index is 0.0965. The molecule has 0 aliphatic carbocycles. The van der Waals surface area contributed by atoms with Crippen molar-refractivity contribution in [3.05, 3.63) is 65.9 Å². The second-order valence-electron chi connectivity index (χ2n) is 7.82. The maximum Gasteiger partial charge on any atom is 0.374 e. The van der Waals surface area contributed by atoms with Gasteiger partial charge in [-0.05, 0) is 56.7 Å². The molecule has 0 bridgehead atoms. The van der Waals surface area contributed by atoms with E-state index in [0.29, 0.717) is 23.6 Å². The number of esters is 2. The molecule has 194 valence electrons. The predicted molar refractivity (Wildman–Crippen MR) is 137 cm³/mol. The van der Waals surface area contributed by atoms with Crippen molar-refractivity contribution >= 4 is 23.5 Å². The largest absolute Gasteiger partial charge is 0.494 e. The van der Waals surface area contributed by atoms with E-state index in [1.54, 1.807) is 62.4 Å². The fourth-order valence-corrected chi connectivity index (χ4v) is 3.19. The number of unbranched alkanes of at least 4 members (excludes halogenated alkanes) is 4. The lowest BCUT2D eigenvalue weighted by molar-refractivity contribution is -0.143. The topological polar surface area (TPSA) is 100 Å². The molecule has 2 aromatic rings. The molecule has 0 saturated heterocycles. The number of amides is 1. The summed E-state index contributed by atoms with van der Waals surface area (Å²) in [6.45, 7) is 6.35. The summed E-state index contributed by atoms with van der Waals surface area (Å²) in [4.78, 5) is 37.0. The van der Waals surface area contributed by atoms with Gasteiger partial charge in [0.2, 0.25) is 5.76 Å². The number of para-hydroxylation sites is 2. The van der Waals surface area contributed by atoms with Gasteiger partial charge in [-0.15, -0.1) is 0 Å². The van der Waals surface area contributed by atoms with Gasteiger partial charge in [-0.1, -0.05) is 44.7 Å². The van der Waals surface area contributed by atoms with Gasteiger partial charge in [0.1, 0.15) is 5.75 Å². The van der Waals surface area contributed by atoms with Crippen molar-refractivity contribution in [1.82, 2.24) is 0 Å². The summed E-state index contributed by atoms with van der Waals surface area (Å²) in [7, 11) is 0. The van der Waals surface area contributed by atoms with Gasteiger partial charge in [-0.2, -0.15) is 0 Å². The lowest BCUT2D eigenvalue weighted by atomic mass is 10.1. The maximum absolute atomic E-state index is 12.8. The molecule has 0 unspecified atom stereocenters. The van der Waals surface area contributed by atoms with Crippen LogP contribution in [-0.4, -0.2) is 37.7 Å². The zero-order chi connectivity index (χ0) is 26.2. The molecular formula is C28H35NO7. The Morgan fingerprint density at radius 1 is 0.833 bits per heavy atom. The molecule has 36 heavy (non-hydrogen) atoms. The number of benzene rings is 2. The molecule has 0 radical (unpaired) electrons. The molecule has 8 heteroatoms. The Morgan fingerprint density at radius 2 is 1.53 bits per heavy atom. The highest BCUT2D eigenvalue weighted by molar-refractivity contribution is 6.05. The van der Waals surface area contributed by atoms with Crippen molar-refractivity contribution < 1.29 is 33.3 Å². The van der Waals surface area contributed by atoms with Gasteiger partial charge in [0.25, 0.3) is 5.91 Å². The van der Waals surface area contributed by atoms with Crippen molar-refractivity contribution in [2.75, 3.05) is 25.1 Å². The van der Waals surface area contributed by atoms with Gasteiger partial charge in [-0.25, -0.2) is 9.59 Å². The van der Waals surface area contributed by atoms with E-state index in [2.05, 4.69) is 12.2 Å². The number of hydrogen-bond donors (Lipinski definition) is 1. The third-order valence-electron chi connectivity index (χ3n) is 5.00. The van der Waals surface area contributed by atoms with E-state index in [0.717, 1.165) is 18.9 Å². The summed E-state index contributed by atoms with van der Waals surface area (Å²) < 4.78 is 21.3. The monoisotopic (exact) mass is 497 g/mol. The molecule has 0 fully saturated rings. The molecule has 0 atom stereocenters. The standard InChI is InChI=1S/C28H35NO7/c1-4-7-8-9-12-19-35-22-17-15-21(16-18-22)27(31)29-23-13-10-11-14-24(23)36-25(28(32)34-6-3)20-26(30)33-5-2/h10-11,13-18,20H,4-9,12,19H2,1-3H3,(H,29,31)/b25-20+. The lowest BCUT2D eigenvalue weighted by Crippen LogP contribution is -2.17. The number of ether oxygens (including phenoxy) is 4. The van der Waals surface area contributed by atoms with Crippen molar-refractivity contribution in [2.24, 2.45) is 0 Å². The maximum atomic E-state index is 12.8. The minimum Gasteiger partial charge on any atom is -0.494 e. The fourth-order valence-electron chi connectivity index (χ4n) is 3.19. The Labute approximate surface area is 212 Å². The second kappa shape index (κ2) is 16.0. The van der Waals surface area contributed by atoms with E-state index >= 15 is 0 Å². The number of carbonyl (C=O) groups excluding carboxylic acids is 3. The Morgan fingerprint density at radius 3 is 2.22 bits per heavy atom. The first kappa shape index (κ1) is 28.4. The smallest absolute Gasteiger partial charge is 0.374 e. The van der Waals surface area contributed by atoms with Crippen LogP contribution < -0.4 is 14.8 Å². The van der Waals surface area contributed by atoms with Crippen molar-refractivity contribution in [1.29, 1.82) is 0 Å². The van der Waals surface area contributed by atoms with E-state index in [1.165, 1.54) is 19.3 Å². The van der Waals surface area contributed by atoms with Gasteiger partial charge in [0.05, 0.1) is 31.6 Å². The fraction of sp³-hybridized carbons (Fsp3) is 0.393. The first-order chi connectivity index (χ1) is 17.5. The van der Waals surface area contributed by atoms with Crippen molar-refractivity contribution in [3.63, 3.8) is 0 Å². The van der Waals surface area contributed by atoms with Crippen LogP contribution in [0.2, 0.25) is 0 Å². The van der Waals surface area contributed by atoms with Crippen LogP contribution in [0, 0.1) is 0 Å². The molecule has 8 nitrogen and oxygen atoms in total. The normalized spacial score (nSPS) is 10.9. The molecule has 0 aromatic heterocycles.